The minimum Gasteiger partial charge on any atom is -0.496 e. The number of rotatable bonds is 4. The number of hydrogen-bond acceptors (Lipinski definition) is 3. The van der Waals surface area contributed by atoms with Crippen molar-refractivity contribution in [2.75, 3.05) is 7.11 Å². The van der Waals surface area contributed by atoms with Crippen molar-refractivity contribution < 1.29 is 9.53 Å². The van der Waals surface area contributed by atoms with Gasteiger partial charge in [-0.3, -0.25) is 4.79 Å². The van der Waals surface area contributed by atoms with Gasteiger partial charge in [-0.15, -0.1) is 0 Å². The van der Waals surface area contributed by atoms with Crippen LogP contribution in [-0.2, 0) is 0 Å². The van der Waals surface area contributed by atoms with Gasteiger partial charge in [0.1, 0.15) is 11.7 Å². The number of Topliss-reactive ketones (excluding diaryl/α,β-unsaturated/α-hetero) is 1. The quantitative estimate of drug-likeness (QED) is 0.783. The largest absolute Gasteiger partial charge is 0.496 e. The van der Waals surface area contributed by atoms with Crippen LogP contribution in [0, 0.1) is 38.0 Å². The highest BCUT2D eigenvalue weighted by Gasteiger charge is 2.26. The lowest BCUT2D eigenvalue weighted by molar-refractivity contribution is 0.0942. The van der Waals surface area contributed by atoms with Gasteiger partial charge in [-0.05, 0) is 43.9 Å². The van der Waals surface area contributed by atoms with Crippen LogP contribution in [-0.4, -0.2) is 12.9 Å². The fraction of sp³-hybridized carbons (Fsp3) is 0.467. The summed E-state index contributed by atoms with van der Waals surface area (Å²) in [5.74, 6) is -0.207. The molecule has 1 atom stereocenters. The molecule has 0 fully saturated rings. The maximum Gasteiger partial charge on any atom is 0.184 e. The third-order valence-electron chi connectivity index (χ3n) is 3.49. The molecule has 0 aliphatic rings. The Hall–Kier alpha value is -1.34. The summed E-state index contributed by atoms with van der Waals surface area (Å²) in [5.41, 5.74) is 3.33. The number of carbonyl (C=O) groups is 1. The van der Waals surface area contributed by atoms with Crippen LogP contribution in [0.15, 0.2) is 4.47 Å². The molecule has 102 valence electrons. The summed E-state index contributed by atoms with van der Waals surface area (Å²) in [6.07, 6.45) is 0.502. The van der Waals surface area contributed by atoms with Crippen LogP contribution in [0.5, 0.6) is 5.75 Å². The van der Waals surface area contributed by atoms with Gasteiger partial charge in [-0.1, -0.05) is 22.9 Å². The second kappa shape index (κ2) is 6.21. The minimum absolute atomic E-state index is 0.164. The topological polar surface area (TPSA) is 50.1 Å². The van der Waals surface area contributed by atoms with E-state index >= 15 is 0 Å². The van der Waals surface area contributed by atoms with Crippen LogP contribution in [0.2, 0.25) is 0 Å². The zero-order valence-electron chi connectivity index (χ0n) is 11.9. The van der Waals surface area contributed by atoms with Gasteiger partial charge in [0.05, 0.1) is 18.7 Å². The third-order valence-corrected chi connectivity index (χ3v) is 4.68. The molecule has 0 aromatic heterocycles. The highest BCUT2D eigenvalue weighted by Crippen LogP contribution is 2.37. The average Bonchev–Trinajstić information content (AvgIpc) is 2.41. The summed E-state index contributed by atoms with van der Waals surface area (Å²) in [4.78, 5) is 12.5. The molecule has 1 aromatic carbocycles. The molecule has 1 unspecified atom stereocenters. The van der Waals surface area contributed by atoms with Crippen LogP contribution in [0.4, 0.5) is 0 Å². The van der Waals surface area contributed by atoms with Crippen LogP contribution in [0.1, 0.15) is 40.4 Å². The standard InChI is InChI=1S/C15H18BrNO2/c1-6-11(7-17)14(18)12-10(4)13(16)8(2)9(3)15(12)19-5/h11H,6H2,1-5H3. The van der Waals surface area contributed by atoms with E-state index in [4.69, 9.17) is 10.00 Å². The first-order valence-electron chi connectivity index (χ1n) is 6.17. The monoisotopic (exact) mass is 323 g/mol. The smallest absolute Gasteiger partial charge is 0.184 e. The van der Waals surface area contributed by atoms with E-state index in [9.17, 15) is 4.79 Å². The number of nitrogens with zero attached hydrogens (tertiary/aromatic N) is 1. The van der Waals surface area contributed by atoms with Crippen LogP contribution >= 0.6 is 15.9 Å². The van der Waals surface area contributed by atoms with Crippen molar-refractivity contribution in [1.29, 1.82) is 5.26 Å². The van der Waals surface area contributed by atoms with Gasteiger partial charge in [-0.25, -0.2) is 0 Å². The predicted octanol–water partition coefficient (Wildman–Crippen LogP) is 4.12. The second-order valence-electron chi connectivity index (χ2n) is 4.55. The average molecular weight is 324 g/mol. The summed E-state index contributed by atoms with van der Waals surface area (Å²) in [6.45, 7) is 7.60. The Labute approximate surface area is 122 Å². The fourth-order valence-electron chi connectivity index (χ4n) is 2.15. The van der Waals surface area contributed by atoms with Gasteiger partial charge in [-0.2, -0.15) is 5.26 Å². The molecule has 0 aliphatic carbocycles. The lowest BCUT2D eigenvalue weighted by Gasteiger charge is -2.19. The highest BCUT2D eigenvalue weighted by molar-refractivity contribution is 9.10. The maximum atomic E-state index is 12.5. The Kier molecular flexibility index (Phi) is 5.13. The summed E-state index contributed by atoms with van der Waals surface area (Å²) < 4.78 is 6.31. The SMILES string of the molecule is CCC(C#N)C(=O)c1c(C)c(Br)c(C)c(C)c1OC. The molecule has 0 radical (unpaired) electrons. The summed E-state index contributed by atoms with van der Waals surface area (Å²) in [7, 11) is 1.55. The molecule has 0 saturated carbocycles. The molecule has 0 bridgehead atoms. The van der Waals surface area contributed by atoms with E-state index in [2.05, 4.69) is 22.0 Å². The molecule has 3 nitrogen and oxygen atoms in total. The van der Waals surface area contributed by atoms with Crippen molar-refractivity contribution in [3.8, 4) is 11.8 Å². The fourth-order valence-corrected chi connectivity index (χ4v) is 2.64. The molecule has 0 amide bonds. The molecule has 0 aliphatic heterocycles. The zero-order chi connectivity index (χ0) is 14.7. The second-order valence-corrected chi connectivity index (χ2v) is 5.34. The first kappa shape index (κ1) is 15.7. The summed E-state index contributed by atoms with van der Waals surface area (Å²) in [5, 5.41) is 9.08. The maximum absolute atomic E-state index is 12.5. The third kappa shape index (κ3) is 2.66. The first-order chi connectivity index (χ1) is 8.90. The molecule has 19 heavy (non-hydrogen) atoms. The number of nitriles is 1. The molecule has 0 spiro atoms. The zero-order valence-corrected chi connectivity index (χ0v) is 13.5. The first-order valence-corrected chi connectivity index (χ1v) is 6.96. The van der Waals surface area contributed by atoms with Gasteiger partial charge in [0.2, 0.25) is 0 Å². The Bertz CT molecular complexity index is 558. The van der Waals surface area contributed by atoms with Crippen LogP contribution in [0.3, 0.4) is 0 Å². The van der Waals surface area contributed by atoms with E-state index < -0.39 is 5.92 Å². The van der Waals surface area contributed by atoms with Crippen molar-refractivity contribution in [1.82, 2.24) is 0 Å². The molecule has 4 heteroatoms. The van der Waals surface area contributed by atoms with Crippen LogP contribution < -0.4 is 4.74 Å². The van der Waals surface area contributed by atoms with Crippen molar-refractivity contribution in [3.05, 3.63) is 26.7 Å². The number of methoxy groups -OCH3 is 1. The van der Waals surface area contributed by atoms with Gasteiger partial charge in [0.15, 0.2) is 5.78 Å². The van der Waals surface area contributed by atoms with Crippen molar-refractivity contribution in [3.63, 3.8) is 0 Å². The number of halogens is 1. The number of benzene rings is 1. The number of hydrogen-bond donors (Lipinski definition) is 0. The Morgan fingerprint density at radius 2 is 1.89 bits per heavy atom. The van der Waals surface area contributed by atoms with E-state index in [1.54, 1.807) is 7.11 Å². The highest BCUT2D eigenvalue weighted by atomic mass is 79.9. The molecular formula is C15H18BrNO2. The van der Waals surface area contributed by atoms with E-state index in [1.165, 1.54) is 0 Å². The molecule has 0 N–H and O–H groups in total. The Morgan fingerprint density at radius 1 is 1.32 bits per heavy atom. The molecular weight excluding hydrogens is 306 g/mol. The summed E-state index contributed by atoms with van der Waals surface area (Å²) >= 11 is 3.51. The molecule has 0 saturated heterocycles. The Morgan fingerprint density at radius 3 is 2.32 bits per heavy atom. The lowest BCUT2D eigenvalue weighted by atomic mass is 9.90. The van der Waals surface area contributed by atoms with Crippen LogP contribution in [0.25, 0.3) is 0 Å². The minimum atomic E-state index is -0.624. The van der Waals surface area contributed by atoms with Crippen molar-refractivity contribution in [2.24, 2.45) is 5.92 Å². The molecule has 1 rings (SSSR count). The van der Waals surface area contributed by atoms with Gasteiger partial charge >= 0.3 is 0 Å². The number of ether oxygens (including phenoxy) is 1. The van der Waals surface area contributed by atoms with E-state index in [0.717, 1.165) is 21.2 Å². The lowest BCUT2D eigenvalue weighted by Crippen LogP contribution is -2.16. The summed E-state index contributed by atoms with van der Waals surface area (Å²) in [6, 6.07) is 2.06. The predicted molar refractivity (Wildman–Crippen MR) is 78.6 cm³/mol. The number of carbonyl (C=O) groups excluding carboxylic acids is 1. The molecule has 1 aromatic rings. The van der Waals surface area contributed by atoms with Crippen molar-refractivity contribution >= 4 is 21.7 Å². The van der Waals surface area contributed by atoms with E-state index in [-0.39, 0.29) is 5.78 Å². The van der Waals surface area contributed by atoms with E-state index in [1.807, 2.05) is 27.7 Å². The Balaban J connectivity index is 3.60. The van der Waals surface area contributed by atoms with E-state index in [0.29, 0.717) is 17.7 Å². The number of ketones is 1. The van der Waals surface area contributed by atoms with Gasteiger partial charge in [0.25, 0.3) is 0 Å². The van der Waals surface area contributed by atoms with Gasteiger partial charge in [0, 0.05) is 4.47 Å². The molecule has 0 heterocycles. The van der Waals surface area contributed by atoms with Gasteiger partial charge < -0.3 is 4.74 Å². The van der Waals surface area contributed by atoms with Crippen molar-refractivity contribution in [2.45, 2.75) is 34.1 Å². The normalized spacial score (nSPS) is 11.8.